The summed E-state index contributed by atoms with van der Waals surface area (Å²) in [6.45, 7) is -0.670. The average Bonchev–Trinajstić information content (AvgIpc) is 2.95. The van der Waals surface area contributed by atoms with Crippen LogP contribution in [0.3, 0.4) is 0 Å². The van der Waals surface area contributed by atoms with Crippen LogP contribution >= 0.6 is 0 Å². The Morgan fingerprint density at radius 1 is 1.45 bits per heavy atom. The lowest BCUT2D eigenvalue weighted by molar-refractivity contribution is 0.0116. The van der Waals surface area contributed by atoms with Crippen LogP contribution in [0.4, 0.5) is 8.78 Å². The second-order valence-electron chi connectivity index (χ2n) is 5.74. The van der Waals surface area contributed by atoms with Crippen LogP contribution in [0.2, 0.25) is 0 Å². The summed E-state index contributed by atoms with van der Waals surface area (Å²) in [4.78, 5) is 24.0. The maximum atomic E-state index is 13.8. The van der Waals surface area contributed by atoms with E-state index in [4.69, 9.17) is 4.52 Å². The molecule has 4 rings (SSSR count). The van der Waals surface area contributed by atoms with Crippen molar-refractivity contribution in [2.45, 2.75) is 37.1 Å². The van der Waals surface area contributed by atoms with Crippen LogP contribution < -0.4 is 0 Å². The van der Waals surface area contributed by atoms with E-state index in [9.17, 15) is 13.6 Å². The number of hydrogen-bond donors (Lipinski definition) is 1. The van der Waals surface area contributed by atoms with E-state index in [0.29, 0.717) is 5.82 Å². The molecule has 9 heteroatoms. The van der Waals surface area contributed by atoms with Crippen molar-refractivity contribution in [1.29, 1.82) is 0 Å². The molecule has 7 nitrogen and oxygen atoms in total. The fraction of sp³-hybridized carbons (Fsp3) is 0.538. The lowest BCUT2D eigenvalue weighted by Crippen LogP contribution is -2.33. The molecule has 2 fully saturated rings. The summed E-state index contributed by atoms with van der Waals surface area (Å²) in [6, 6.07) is -0.911. The van der Waals surface area contributed by atoms with Gasteiger partial charge in [-0.15, -0.1) is 0 Å². The van der Waals surface area contributed by atoms with Crippen molar-refractivity contribution >= 4 is 5.91 Å². The van der Waals surface area contributed by atoms with Gasteiger partial charge in [0.15, 0.2) is 5.82 Å². The van der Waals surface area contributed by atoms with Gasteiger partial charge < -0.3 is 14.4 Å². The number of nitrogens with one attached hydrogen (secondary N) is 1. The predicted molar refractivity (Wildman–Crippen MR) is 68.2 cm³/mol. The molecule has 1 saturated heterocycles. The van der Waals surface area contributed by atoms with Crippen molar-refractivity contribution < 1.29 is 18.1 Å². The number of H-pyrrole nitrogens is 1. The minimum Gasteiger partial charge on any atom is -0.341 e. The Hall–Kier alpha value is -2.32. The number of rotatable bonds is 3. The zero-order valence-electron chi connectivity index (χ0n) is 11.5. The molecule has 1 unspecified atom stereocenters. The van der Waals surface area contributed by atoms with E-state index < -0.39 is 30.8 Å². The highest BCUT2D eigenvalue weighted by atomic mass is 19.3. The zero-order valence-corrected chi connectivity index (χ0v) is 11.5. The highest BCUT2D eigenvalue weighted by molar-refractivity contribution is 5.92. The second-order valence-corrected chi connectivity index (χ2v) is 5.74. The minimum absolute atomic E-state index is 0.0759. The van der Waals surface area contributed by atoms with Gasteiger partial charge in [0.05, 0.1) is 19.1 Å². The van der Waals surface area contributed by atoms with Gasteiger partial charge in [-0.05, 0) is 12.8 Å². The predicted octanol–water partition coefficient (Wildman–Crippen LogP) is 1.89. The molecule has 1 aliphatic carbocycles. The third-order valence-corrected chi connectivity index (χ3v) is 3.94. The number of aromatic amines is 1. The fourth-order valence-corrected chi connectivity index (χ4v) is 2.67. The van der Waals surface area contributed by atoms with Gasteiger partial charge in [0.1, 0.15) is 11.7 Å². The number of likely N-dealkylation sites (tertiary alicyclic amines) is 1. The van der Waals surface area contributed by atoms with E-state index in [1.807, 2.05) is 0 Å². The van der Waals surface area contributed by atoms with Crippen molar-refractivity contribution in [3.8, 4) is 0 Å². The number of carbonyl (C=O) groups excluding carboxylic acids is 1. The van der Waals surface area contributed by atoms with E-state index in [0.717, 1.165) is 17.7 Å². The van der Waals surface area contributed by atoms with E-state index in [1.54, 1.807) is 0 Å². The van der Waals surface area contributed by atoms with Gasteiger partial charge in [0.25, 0.3) is 11.8 Å². The lowest BCUT2D eigenvalue weighted by Gasteiger charge is -2.20. The fourth-order valence-electron chi connectivity index (χ4n) is 2.67. The number of alkyl halides is 2. The van der Waals surface area contributed by atoms with Gasteiger partial charge >= 0.3 is 0 Å². The molecule has 2 aliphatic rings. The minimum atomic E-state index is -2.98. The number of halogens is 2. The summed E-state index contributed by atoms with van der Waals surface area (Å²) in [5.74, 6) is -2.65. The van der Waals surface area contributed by atoms with Crippen LogP contribution in [0, 0.1) is 0 Å². The first-order valence-electron chi connectivity index (χ1n) is 7.04. The largest absolute Gasteiger partial charge is 0.341 e. The van der Waals surface area contributed by atoms with Crippen LogP contribution in [0.5, 0.6) is 0 Å². The first-order chi connectivity index (χ1) is 10.5. The van der Waals surface area contributed by atoms with Gasteiger partial charge in [0.2, 0.25) is 5.89 Å². The second kappa shape index (κ2) is 4.59. The van der Waals surface area contributed by atoms with Gasteiger partial charge in [-0.1, -0.05) is 5.16 Å². The molecule has 2 aromatic rings. The highest BCUT2D eigenvalue weighted by Gasteiger charge is 2.50. The van der Waals surface area contributed by atoms with Crippen molar-refractivity contribution in [1.82, 2.24) is 25.0 Å². The molecular weight excluding hydrogens is 296 g/mol. The normalized spacial score (nSPS) is 23.9. The van der Waals surface area contributed by atoms with Crippen molar-refractivity contribution in [2.75, 3.05) is 6.54 Å². The van der Waals surface area contributed by atoms with Crippen molar-refractivity contribution in [3.63, 3.8) is 0 Å². The first kappa shape index (κ1) is 13.4. The molecule has 1 aliphatic heterocycles. The Morgan fingerprint density at radius 3 is 2.95 bits per heavy atom. The summed E-state index contributed by atoms with van der Waals surface area (Å²) in [7, 11) is 0. The smallest absolute Gasteiger partial charge is 0.272 e. The van der Waals surface area contributed by atoms with Crippen LogP contribution in [-0.2, 0) is 0 Å². The first-order valence-corrected chi connectivity index (χ1v) is 7.04. The van der Waals surface area contributed by atoms with Crippen LogP contribution in [0.15, 0.2) is 17.0 Å². The maximum absolute atomic E-state index is 13.8. The summed E-state index contributed by atoms with van der Waals surface area (Å²) in [6.07, 6.45) is 4.08. The summed E-state index contributed by atoms with van der Waals surface area (Å²) in [5, 5.41) is 3.84. The van der Waals surface area contributed by atoms with Gasteiger partial charge in [-0.3, -0.25) is 4.79 Å². The van der Waals surface area contributed by atoms with Crippen LogP contribution in [0.25, 0.3) is 0 Å². The summed E-state index contributed by atoms with van der Waals surface area (Å²) >= 11 is 0. The van der Waals surface area contributed by atoms with E-state index >= 15 is 0 Å². The molecule has 0 spiro atoms. The van der Waals surface area contributed by atoms with Crippen molar-refractivity contribution in [3.05, 3.63) is 29.9 Å². The highest BCUT2D eigenvalue weighted by Crippen LogP contribution is 2.43. The van der Waals surface area contributed by atoms with Crippen LogP contribution in [0.1, 0.15) is 53.4 Å². The van der Waals surface area contributed by atoms with Crippen LogP contribution in [-0.4, -0.2) is 43.4 Å². The maximum Gasteiger partial charge on any atom is 0.272 e. The third-order valence-electron chi connectivity index (χ3n) is 3.94. The number of imidazole rings is 1. The Kier molecular flexibility index (Phi) is 2.78. The molecule has 0 bridgehead atoms. The van der Waals surface area contributed by atoms with E-state index in [2.05, 4.69) is 20.1 Å². The number of carbonyl (C=O) groups is 1. The number of nitrogens with zero attached hydrogens (tertiary/aromatic N) is 4. The number of hydrogen-bond acceptors (Lipinski definition) is 5. The molecule has 2 aromatic heterocycles. The molecule has 22 heavy (non-hydrogen) atoms. The molecule has 1 amide bonds. The Labute approximate surface area is 123 Å². The molecule has 1 atom stereocenters. The lowest BCUT2D eigenvalue weighted by atomic mass is 10.2. The summed E-state index contributed by atoms with van der Waals surface area (Å²) < 4.78 is 32.7. The Balaban J connectivity index is 1.63. The van der Waals surface area contributed by atoms with E-state index in [1.165, 1.54) is 12.5 Å². The van der Waals surface area contributed by atoms with Gasteiger partial charge in [-0.25, -0.2) is 13.8 Å². The quantitative estimate of drug-likeness (QED) is 0.935. The topological polar surface area (TPSA) is 87.9 Å². The Bertz CT molecular complexity index is 695. The van der Waals surface area contributed by atoms with Gasteiger partial charge in [0, 0.05) is 12.3 Å². The van der Waals surface area contributed by atoms with Crippen molar-refractivity contribution in [2.24, 2.45) is 0 Å². The molecular formula is C13H13F2N5O2. The molecule has 1 N–H and O–H groups in total. The zero-order chi connectivity index (χ0) is 15.3. The monoisotopic (exact) mass is 309 g/mol. The average molecular weight is 309 g/mol. The number of aromatic nitrogens is 4. The summed E-state index contributed by atoms with van der Waals surface area (Å²) in [5.41, 5.74) is 0.157. The Morgan fingerprint density at radius 2 is 2.27 bits per heavy atom. The third kappa shape index (κ3) is 2.26. The van der Waals surface area contributed by atoms with E-state index in [-0.39, 0.29) is 17.5 Å². The molecule has 0 radical (unpaired) electrons. The SMILES string of the molecule is O=C(c1cnc[nH]1)N1CC(F)(F)CC1c1nc(C2CC2)no1. The molecule has 116 valence electrons. The molecule has 3 heterocycles. The standard InChI is InChI=1S/C13H13F2N5O2/c14-13(15)3-9(11-18-10(19-22-11)7-1-2-7)20(5-13)12(21)8-4-16-6-17-8/h4,6-7,9H,1-3,5H2,(H,16,17). The number of amides is 1. The van der Waals surface area contributed by atoms with Gasteiger partial charge in [-0.2, -0.15) is 4.98 Å². The molecule has 1 saturated carbocycles. The molecule has 0 aromatic carbocycles.